The molecule has 0 saturated carbocycles. The molecule has 0 saturated heterocycles. The van der Waals surface area contributed by atoms with Crippen molar-refractivity contribution in [2.24, 2.45) is 0 Å². The number of nitrogens with two attached hydrogens (primary N) is 1. The number of benzene rings is 2. The summed E-state index contributed by atoms with van der Waals surface area (Å²) in [5, 5.41) is 0.330. The number of rotatable bonds is 3. The lowest BCUT2D eigenvalue weighted by molar-refractivity contribution is 0.594. The molecular formula is C15H17ClN2O2S. The third-order valence-electron chi connectivity index (χ3n) is 3.31. The Morgan fingerprint density at radius 2 is 1.76 bits per heavy atom. The van der Waals surface area contributed by atoms with E-state index in [4.69, 9.17) is 17.3 Å². The second-order valence-corrected chi connectivity index (χ2v) is 7.32. The molecule has 0 spiro atoms. The molecule has 0 fully saturated rings. The predicted octanol–water partition coefficient (Wildman–Crippen LogP) is 3.36. The Bertz CT molecular complexity index is 788. The van der Waals surface area contributed by atoms with Gasteiger partial charge in [-0.1, -0.05) is 29.3 Å². The predicted molar refractivity (Wildman–Crippen MR) is 87.4 cm³/mol. The Kier molecular flexibility index (Phi) is 4.16. The van der Waals surface area contributed by atoms with Gasteiger partial charge in [-0.05, 0) is 43.7 Å². The van der Waals surface area contributed by atoms with Crippen LogP contribution in [0.25, 0.3) is 0 Å². The molecule has 2 N–H and O–H groups in total. The molecule has 0 radical (unpaired) electrons. The monoisotopic (exact) mass is 324 g/mol. The van der Waals surface area contributed by atoms with Crippen molar-refractivity contribution in [1.82, 2.24) is 0 Å². The number of anilines is 2. The normalized spacial score (nSPS) is 11.4. The van der Waals surface area contributed by atoms with Gasteiger partial charge >= 0.3 is 0 Å². The van der Waals surface area contributed by atoms with Crippen molar-refractivity contribution in [2.75, 3.05) is 17.1 Å². The van der Waals surface area contributed by atoms with E-state index in [2.05, 4.69) is 0 Å². The highest BCUT2D eigenvalue weighted by Gasteiger charge is 2.25. The van der Waals surface area contributed by atoms with Crippen molar-refractivity contribution in [2.45, 2.75) is 18.7 Å². The maximum atomic E-state index is 12.7. The first kappa shape index (κ1) is 15.7. The molecule has 2 aromatic rings. The first-order valence-electron chi connectivity index (χ1n) is 6.34. The van der Waals surface area contributed by atoms with Gasteiger partial charge in [0.25, 0.3) is 10.0 Å². The SMILES string of the molecule is Cc1ccc(N(C)S(=O)(=O)c2cc(Cl)ccc2N)c(C)c1. The van der Waals surface area contributed by atoms with Crippen molar-refractivity contribution < 1.29 is 8.42 Å². The summed E-state index contributed by atoms with van der Waals surface area (Å²) >= 11 is 5.89. The Balaban J connectivity index is 2.55. The zero-order chi connectivity index (χ0) is 15.8. The zero-order valence-corrected chi connectivity index (χ0v) is 13.7. The van der Waals surface area contributed by atoms with Crippen molar-refractivity contribution >= 4 is 33.0 Å². The van der Waals surface area contributed by atoms with Crippen LogP contribution in [0.1, 0.15) is 11.1 Å². The van der Waals surface area contributed by atoms with Crippen molar-refractivity contribution in [3.05, 3.63) is 52.5 Å². The van der Waals surface area contributed by atoms with Crippen LogP contribution in [0.3, 0.4) is 0 Å². The molecule has 2 aromatic carbocycles. The van der Waals surface area contributed by atoms with Crippen LogP contribution in [0, 0.1) is 13.8 Å². The first-order valence-corrected chi connectivity index (χ1v) is 8.16. The maximum Gasteiger partial charge on any atom is 0.266 e. The summed E-state index contributed by atoms with van der Waals surface area (Å²) in [6.45, 7) is 3.83. The molecule has 0 aliphatic heterocycles. The molecule has 0 unspecified atom stereocenters. The molecule has 0 heterocycles. The van der Waals surface area contributed by atoms with E-state index in [-0.39, 0.29) is 10.6 Å². The molecule has 2 rings (SSSR count). The third kappa shape index (κ3) is 2.99. The summed E-state index contributed by atoms with van der Waals surface area (Å²) in [5.41, 5.74) is 8.53. The topological polar surface area (TPSA) is 63.4 Å². The van der Waals surface area contributed by atoms with Gasteiger partial charge in [-0.2, -0.15) is 0 Å². The van der Waals surface area contributed by atoms with Gasteiger partial charge in [0, 0.05) is 12.1 Å². The summed E-state index contributed by atoms with van der Waals surface area (Å²) in [6, 6.07) is 10.0. The first-order chi connectivity index (χ1) is 9.73. The van der Waals surface area contributed by atoms with Crippen molar-refractivity contribution in [3.8, 4) is 0 Å². The molecule has 0 aromatic heterocycles. The second-order valence-electron chi connectivity index (χ2n) is 4.94. The van der Waals surface area contributed by atoms with E-state index in [1.807, 2.05) is 26.0 Å². The van der Waals surface area contributed by atoms with Crippen molar-refractivity contribution in [3.63, 3.8) is 0 Å². The molecule has 112 valence electrons. The lowest BCUT2D eigenvalue weighted by Crippen LogP contribution is -2.28. The van der Waals surface area contributed by atoms with E-state index < -0.39 is 10.0 Å². The van der Waals surface area contributed by atoms with E-state index in [1.165, 1.54) is 23.5 Å². The number of nitrogens with zero attached hydrogens (tertiary/aromatic N) is 1. The molecule has 0 aliphatic carbocycles. The second kappa shape index (κ2) is 5.58. The summed E-state index contributed by atoms with van der Waals surface area (Å²) in [7, 11) is -2.25. The largest absolute Gasteiger partial charge is 0.398 e. The number of halogens is 1. The van der Waals surface area contributed by atoms with E-state index in [9.17, 15) is 8.42 Å². The van der Waals surface area contributed by atoms with E-state index >= 15 is 0 Å². The van der Waals surface area contributed by atoms with Crippen LogP contribution in [0.4, 0.5) is 11.4 Å². The van der Waals surface area contributed by atoms with Gasteiger partial charge in [0.1, 0.15) is 4.90 Å². The highest BCUT2D eigenvalue weighted by atomic mass is 35.5. The summed E-state index contributed by atoms with van der Waals surface area (Å²) in [6.07, 6.45) is 0. The number of hydrogen-bond acceptors (Lipinski definition) is 3. The molecular weight excluding hydrogens is 308 g/mol. The highest BCUT2D eigenvalue weighted by molar-refractivity contribution is 7.93. The van der Waals surface area contributed by atoms with Gasteiger partial charge in [-0.25, -0.2) is 8.42 Å². The average Bonchev–Trinajstić information content (AvgIpc) is 2.40. The van der Waals surface area contributed by atoms with Crippen LogP contribution in [-0.2, 0) is 10.0 Å². The van der Waals surface area contributed by atoms with Crippen LogP contribution >= 0.6 is 11.6 Å². The average molecular weight is 325 g/mol. The van der Waals surface area contributed by atoms with Crippen LogP contribution in [-0.4, -0.2) is 15.5 Å². The summed E-state index contributed by atoms with van der Waals surface area (Å²) < 4.78 is 26.7. The van der Waals surface area contributed by atoms with Crippen LogP contribution in [0.5, 0.6) is 0 Å². The highest BCUT2D eigenvalue weighted by Crippen LogP contribution is 2.30. The van der Waals surface area contributed by atoms with E-state index in [1.54, 1.807) is 12.1 Å². The quantitative estimate of drug-likeness (QED) is 0.880. The fourth-order valence-electron chi connectivity index (χ4n) is 2.17. The van der Waals surface area contributed by atoms with Crippen LogP contribution in [0.2, 0.25) is 5.02 Å². The van der Waals surface area contributed by atoms with Crippen LogP contribution in [0.15, 0.2) is 41.3 Å². The minimum absolute atomic E-state index is 0.0116. The van der Waals surface area contributed by atoms with E-state index in [0.29, 0.717) is 10.7 Å². The fraction of sp³-hybridized carbons (Fsp3) is 0.200. The van der Waals surface area contributed by atoms with Gasteiger partial charge in [0.2, 0.25) is 0 Å². The molecule has 0 aliphatic rings. The molecule has 6 heteroatoms. The summed E-state index contributed by atoms with van der Waals surface area (Å²) in [5.74, 6) is 0. The lowest BCUT2D eigenvalue weighted by Gasteiger charge is -2.22. The number of aryl methyl sites for hydroxylation is 2. The number of nitrogen functional groups attached to an aromatic ring is 1. The van der Waals surface area contributed by atoms with Gasteiger partial charge in [0.05, 0.1) is 11.4 Å². The molecule has 0 amide bonds. The Morgan fingerprint density at radius 1 is 1.10 bits per heavy atom. The van der Waals surface area contributed by atoms with E-state index in [0.717, 1.165) is 11.1 Å². The van der Waals surface area contributed by atoms with Gasteiger partial charge < -0.3 is 5.73 Å². The molecule has 0 bridgehead atoms. The van der Waals surface area contributed by atoms with Crippen molar-refractivity contribution in [1.29, 1.82) is 0 Å². The molecule has 4 nitrogen and oxygen atoms in total. The number of hydrogen-bond donors (Lipinski definition) is 1. The van der Waals surface area contributed by atoms with Crippen LogP contribution < -0.4 is 10.0 Å². The Morgan fingerprint density at radius 3 is 2.38 bits per heavy atom. The lowest BCUT2D eigenvalue weighted by atomic mass is 10.1. The fourth-order valence-corrected chi connectivity index (χ4v) is 3.80. The molecule has 0 atom stereocenters. The Hall–Kier alpha value is -1.72. The summed E-state index contributed by atoms with van der Waals surface area (Å²) in [4.78, 5) is 0.0116. The third-order valence-corrected chi connectivity index (χ3v) is 5.37. The standard InChI is InChI=1S/C15H17ClN2O2S/c1-10-4-7-14(11(2)8-10)18(3)21(19,20)15-9-12(16)5-6-13(15)17/h4-9H,17H2,1-3H3. The van der Waals surface area contributed by atoms with Gasteiger partial charge in [-0.15, -0.1) is 0 Å². The molecule has 21 heavy (non-hydrogen) atoms. The van der Waals surface area contributed by atoms with Gasteiger partial charge in [-0.3, -0.25) is 4.31 Å². The number of sulfonamides is 1. The minimum Gasteiger partial charge on any atom is -0.398 e. The Labute approximate surface area is 130 Å². The smallest absolute Gasteiger partial charge is 0.266 e. The zero-order valence-electron chi connectivity index (χ0n) is 12.1. The van der Waals surface area contributed by atoms with Gasteiger partial charge in [0.15, 0.2) is 0 Å². The maximum absolute atomic E-state index is 12.7. The minimum atomic E-state index is -3.76.